The van der Waals surface area contributed by atoms with Crippen LogP contribution in [0.2, 0.25) is 0 Å². The molecular formula is C50H40N4. The Balaban J connectivity index is 1.24. The minimum absolute atomic E-state index is 0.358. The molecule has 1 aliphatic rings. The summed E-state index contributed by atoms with van der Waals surface area (Å²) in [4.78, 5) is 12.1. The molecule has 8 aromatic rings. The van der Waals surface area contributed by atoms with Gasteiger partial charge >= 0.3 is 0 Å². The van der Waals surface area contributed by atoms with Gasteiger partial charge in [-0.05, 0) is 108 Å². The lowest BCUT2D eigenvalue weighted by molar-refractivity contribution is 0.632. The van der Waals surface area contributed by atoms with Gasteiger partial charge in [-0.2, -0.15) is 0 Å². The lowest BCUT2D eigenvalue weighted by Crippen LogP contribution is -2.31. The number of rotatable bonds is 8. The normalized spacial score (nSPS) is 12.7. The first-order valence-electron chi connectivity index (χ1n) is 18.5. The van der Waals surface area contributed by atoms with Crippen molar-refractivity contribution in [3.8, 4) is 11.3 Å². The molecule has 1 aliphatic heterocycles. The van der Waals surface area contributed by atoms with E-state index in [1.807, 2.05) is 12.3 Å². The monoisotopic (exact) mass is 696 g/mol. The van der Waals surface area contributed by atoms with Gasteiger partial charge < -0.3 is 14.7 Å². The molecule has 0 saturated carbocycles. The third-order valence-electron chi connectivity index (χ3n) is 10.4. The fourth-order valence-electron chi connectivity index (χ4n) is 7.77. The fourth-order valence-corrected chi connectivity index (χ4v) is 7.77. The van der Waals surface area contributed by atoms with Crippen molar-refractivity contribution in [3.63, 3.8) is 0 Å². The highest BCUT2D eigenvalue weighted by molar-refractivity contribution is 5.90. The minimum Gasteiger partial charge on any atom is -0.310 e. The molecule has 0 atom stereocenters. The van der Waals surface area contributed by atoms with Crippen LogP contribution in [0.1, 0.15) is 25.0 Å². The van der Waals surface area contributed by atoms with Gasteiger partial charge in [-0.25, -0.2) is 0 Å². The van der Waals surface area contributed by atoms with Crippen molar-refractivity contribution in [2.45, 2.75) is 19.3 Å². The van der Waals surface area contributed by atoms with Crippen molar-refractivity contribution in [1.82, 2.24) is 4.98 Å². The lowest BCUT2D eigenvalue weighted by atomic mass is 9.73. The Hall–Kier alpha value is -6.91. The number of aromatic nitrogens is 1. The molecular weight excluding hydrogens is 657 g/mol. The molecule has 4 nitrogen and oxygen atoms in total. The second-order valence-electron chi connectivity index (χ2n) is 14.1. The van der Waals surface area contributed by atoms with E-state index >= 15 is 0 Å². The molecule has 0 amide bonds. The summed E-state index contributed by atoms with van der Waals surface area (Å²) in [6.45, 7) is 4.72. The number of hydrogen-bond acceptors (Lipinski definition) is 4. The first-order valence-corrected chi connectivity index (χ1v) is 18.5. The Morgan fingerprint density at radius 2 is 0.796 bits per heavy atom. The van der Waals surface area contributed by atoms with Gasteiger partial charge in [-0.3, -0.25) is 4.98 Å². The summed E-state index contributed by atoms with van der Waals surface area (Å²) >= 11 is 0. The highest BCUT2D eigenvalue weighted by atomic mass is 15.2. The van der Waals surface area contributed by atoms with Crippen LogP contribution in [0, 0.1) is 0 Å². The van der Waals surface area contributed by atoms with Gasteiger partial charge in [0.15, 0.2) is 0 Å². The first kappa shape index (κ1) is 33.0. The van der Waals surface area contributed by atoms with Crippen LogP contribution in [0.15, 0.2) is 206 Å². The number of para-hydroxylation sites is 4. The standard InChI is InChI=1S/C50H40N4/c1-50(2)45-34-42(52(38-20-10-4-11-21-38)39-22-12-5-13-23-39)29-32-48(45)54(44-28-31-47(51-36-44)37-18-8-3-9-19-37)49-33-30-43(35-46(49)50)53(40-24-14-6-15-25-40)41-26-16-7-17-27-41/h3-36H,1-2H3. The van der Waals surface area contributed by atoms with Crippen LogP contribution in [0.5, 0.6) is 0 Å². The van der Waals surface area contributed by atoms with Crippen LogP contribution >= 0.6 is 0 Å². The van der Waals surface area contributed by atoms with Crippen LogP contribution in [0.25, 0.3) is 11.3 Å². The average molecular weight is 697 g/mol. The second-order valence-corrected chi connectivity index (χ2v) is 14.1. The summed E-state index contributed by atoms with van der Waals surface area (Å²) in [6.07, 6.45) is 2.01. The van der Waals surface area contributed by atoms with Crippen LogP contribution in [0.4, 0.5) is 51.2 Å². The van der Waals surface area contributed by atoms with Gasteiger partial charge in [0.05, 0.1) is 29.0 Å². The van der Waals surface area contributed by atoms with E-state index in [0.717, 1.165) is 62.4 Å². The first-order chi connectivity index (χ1) is 26.6. The molecule has 0 aliphatic carbocycles. The molecule has 7 aromatic carbocycles. The number of nitrogens with zero attached hydrogens (tertiary/aromatic N) is 4. The van der Waals surface area contributed by atoms with Gasteiger partial charge in [0.25, 0.3) is 0 Å². The Labute approximate surface area is 317 Å². The molecule has 9 rings (SSSR count). The summed E-state index contributed by atoms with van der Waals surface area (Å²) < 4.78 is 0. The summed E-state index contributed by atoms with van der Waals surface area (Å²) in [5, 5.41) is 0. The Bertz CT molecular complexity index is 2290. The number of fused-ring (bicyclic) bond motifs is 2. The zero-order valence-corrected chi connectivity index (χ0v) is 30.4. The molecule has 0 unspecified atom stereocenters. The van der Waals surface area contributed by atoms with E-state index in [1.54, 1.807) is 0 Å². The average Bonchev–Trinajstić information content (AvgIpc) is 3.24. The SMILES string of the molecule is CC1(C)c2cc(N(c3ccccc3)c3ccccc3)ccc2N(c2ccc(-c3ccccc3)nc2)c2ccc(N(c3ccccc3)c3ccccc3)cc21. The van der Waals surface area contributed by atoms with Crippen LogP contribution in [0.3, 0.4) is 0 Å². The maximum absolute atomic E-state index is 5.00. The van der Waals surface area contributed by atoms with Crippen LogP contribution < -0.4 is 14.7 Å². The zero-order valence-electron chi connectivity index (χ0n) is 30.4. The lowest BCUT2D eigenvalue weighted by Gasteiger charge is -2.43. The maximum atomic E-state index is 5.00. The summed E-state index contributed by atoms with van der Waals surface area (Å²) in [5.41, 5.74) is 14.1. The Kier molecular flexibility index (Phi) is 8.49. The molecule has 54 heavy (non-hydrogen) atoms. The molecule has 2 heterocycles. The quantitative estimate of drug-likeness (QED) is 0.158. The molecule has 0 N–H and O–H groups in total. The predicted molar refractivity (Wildman–Crippen MR) is 226 cm³/mol. The van der Waals surface area contributed by atoms with Gasteiger partial charge in [0.2, 0.25) is 0 Å². The molecule has 0 saturated heterocycles. The highest BCUT2D eigenvalue weighted by Crippen LogP contribution is 2.54. The third kappa shape index (κ3) is 5.98. The molecule has 0 radical (unpaired) electrons. The van der Waals surface area contributed by atoms with Crippen molar-refractivity contribution in [3.05, 3.63) is 218 Å². The van der Waals surface area contributed by atoms with E-state index in [0.29, 0.717) is 0 Å². The van der Waals surface area contributed by atoms with E-state index in [2.05, 4.69) is 223 Å². The van der Waals surface area contributed by atoms with Crippen molar-refractivity contribution >= 4 is 51.2 Å². The van der Waals surface area contributed by atoms with Crippen LogP contribution in [-0.4, -0.2) is 4.98 Å². The van der Waals surface area contributed by atoms with Gasteiger partial charge in [0, 0.05) is 45.1 Å². The van der Waals surface area contributed by atoms with Crippen molar-refractivity contribution < 1.29 is 0 Å². The number of hydrogen-bond donors (Lipinski definition) is 0. The number of anilines is 9. The highest BCUT2D eigenvalue weighted by Gasteiger charge is 2.38. The Morgan fingerprint density at radius 3 is 1.17 bits per heavy atom. The minimum atomic E-state index is -0.358. The molecule has 260 valence electrons. The predicted octanol–water partition coefficient (Wildman–Crippen LogP) is 13.8. The third-order valence-corrected chi connectivity index (χ3v) is 10.4. The van der Waals surface area contributed by atoms with Crippen molar-refractivity contribution in [2.24, 2.45) is 0 Å². The summed E-state index contributed by atoms with van der Waals surface area (Å²) in [7, 11) is 0. The van der Waals surface area contributed by atoms with Crippen molar-refractivity contribution in [2.75, 3.05) is 14.7 Å². The zero-order chi connectivity index (χ0) is 36.5. The van der Waals surface area contributed by atoms with E-state index in [4.69, 9.17) is 4.98 Å². The molecule has 0 fully saturated rings. The van der Waals surface area contributed by atoms with Gasteiger partial charge in [0.1, 0.15) is 0 Å². The van der Waals surface area contributed by atoms with E-state index in [1.165, 1.54) is 11.1 Å². The van der Waals surface area contributed by atoms with E-state index in [9.17, 15) is 0 Å². The second kappa shape index (κ2) is 13.9. The molecule has 0 bridgehead atoms. The summed E-state index contributed by atoms with van der Waals surface area (Å²) in [5.74, 6) is 0. The molecule has 0 spiro atoms. The Morgan fingerprint density at radius 1 is 0.407 bits per heavy atom. The van der Waals surface area contributed by atoms with Gasteiger partial charge in [-0.1, -0.05) is 117 Å². The summed E-state index contributed by atoms with van der Waals surface area (Å²) in [6, 6.07) is 71.0. The maximum Gasteiger partial charge on any atom is 0.0703 e. The van der Waals surface area contributed by atoms with Gasteiger partial charge in [-0.15, -0.1) is 0 Å². The number of benzene rings is 7. The van der Waals surface area contributed by atoms with Crippen LogP contribution in [-0.2, 0) is 5.41 Å². The largest absolute Gasteiger partial charge is 0.310 e. The fraction of sp³-hybridized carbons (Fsp3) is 0.0600. The van der Waals surface area contributed by atoms with E-state index < -0.39 is 0 Å². The van der Waals surface area contributed by atoms with E-state index in [-0.39, 0.29) is 5.41 Å². The topological polar surface area (TPSA) is 22.6 Å². The smallest absolute Gasteiger partial charge is 0.0703 e. The molecule has 1 aromatic heterocycles. The molecule has 4 heteroatoms. The number of pyridine rings is 1. The van der Waals surface area contributed by atoms with Crippen molar-refractivity contribution in [1.29, 1.82) is 0 Å².